The standard InChI is InChI=1S/C13H12BrF2NOS/c1-8(12-6-9(14)7-19-12)17-10-2-4-11(5-3-10)18-13(15)16/h2-8,13,17H,1H3. The fraction of sp³-hybridized carbons (Fsp3) is 0.231. The molecular formula is C13H12BrF2NOS. The van der Waals surface area contributed by atoms with Gasteiger partial charge in [-0.25, -0.2) is 0 Å². The Hall–Kier alpha value is -1.14. The third-order valence-electron chi connectivity index (χ3n) is 2.48. The van der Waals surface area contributed by atoms with Crippen molar-refractivity contribution < 1.29 is 13.5 Å². The number of ether oxygens (including phenoxy) is 1. The number of nitrogens with one attached hydrogen (secondary N) is 1. The van der Waals surface area contributed by atoms with Gasteiger partial charge in [-0.2, -0.15) is 8.78 Å². The van der Waals surface area contributed by atoms with E-state index in [9.17, 15) is 8.78 Å². The Kier molecular flexibility index (Phi) is 4.76. The van der Waals surface area contributed by atoms with Gasteiger partial charge in [0.05, 0.1) is 6.04 Å². The van der Waals surface area contributed by atoms with Gasteiger partial charge in [0.2, 0.25) is 0 Å². The van der Waals surface area contributed by atoms with Crippen molar-refractivity contribution in [2.45, 2.75) is 19.6 Å². The van der Waals surface area contributed by atoms with Gasteiger partial charge >= 0.3 is 6.61 Å². The van der Waals surface area contributed by atoms with E-state index in [1.165, 1.54) is 17.0 Å². The molecule has 0 bridgehead atoms. The molecule has 0 aliphatic heterocycles. The van der Waals surface area contributed by atoms with Crippen LogP contribution in [0.3, 0.4) is 0 Å². The molecule has 0 fully saturated rings. The average Bonchev–Trinajstić information content (AvgIpc) is 2.78. The van der Waals surface area contributed by atoms with Crippen LogP contribution in [0.4, 0.5) is 14.5 Å². The van der Waals surface area contributed by atoms with Crippen LogP contribution in [-0.2, 0) is 0 Å². The van der Waals surface area contributed by atoms with Crippen LogP contribution in [0.25, 0.3) is 0 Å². The highest BCUT2D eigenvalue weighted by Gasteiger charge is 2.08. The van der Waals surface area contributed by atoms with Crippen molar-refractivity contribution in [3.8, 4) is 5.75 Å². The van der Waals surface area contributed by atoms with E-state index in [1.54, 1.807) is 23.5 Å². The molecule has 0 amide bonds. The van der Waals surface area contributed by atoms with Crippen molar-refractivity contribution in [3.05, 3.63) is 45.1 Å². The summed E-state index contributed by atoms with van der Waals surface area (Å²) in [4.78, 5) is 1.19. The van der Waals surface area contributed by atoms with Crippen LogP contribution < -0.4 is 10.1 Å². The summed E-state index contributed by atoms with van der Waals surface area (Å²) in [5.74, 6) is 0.159. The number of thiophene rings is 1. The van der Waals surface area contributed by atoms with Crippen molar-refractivity contribution in [3.63, 3.8) is 0 Å². The summed E-state index contributed by atoms with van der Waals surface area (Å²) in [6, 6.07) is 8.68. The van der Waals surface area contributed by atoms with Gasteiger partial charge in [0.25, 0.3) is 0 Å². The third kappa shape index (κ3) is 4.18. The van der Waals surface area contributed by atoms with Crippen LogP contribution in [0.2, 0.25) is 0 Å². The Morgan fingerprint density at radius 2 is 1.95 bits per heavy atom. The van der Waals surface area contributed by atoms with Crippen molar-refractivity contribution in [2.75, 3.05) is 5.32 Å². The second-order valence-corrected chi connectivity index (χ2v) is 5.79. The molecule has 102 valence electrons. The molecule has 1 aromatic carbocycles. The minimum atomic E-state index is -2.79. The highest BCUT2D eigenvalue weighted by atomic mass is 79.9. The molecule has 6 heteroatoms. The van der Waals surface area contributed by atoms with E-state index in [4.69, 9.17) is 0 Å². The molecule has 2 rings (SSSR count). The van der Waals surface area contributed by atoms with Gasteiger partial charge < -0.3 is 10.1 Å². The lowest BCUT2D eigenvalue weighted by Crippen LogP contribution is -2.05. The van der Waals surface area contributed by atoms with E-state index in [0.29, 0.717) is 0 Å². The molecule has 1 heterocycles. The molecule has 19 heavy (non-hydrogen) atoms. The van der Waals surface area contributed by atoms with Crippen molar-refractivity contribution in [2.24, 2.45) is 0 Å². The predicted octanol–water partition coefficient (Wildman–Crippen LogP) is 5.29. The lowest BCUT2D eigenvalue weighted by atomic mass is 10.2. The Morgan fingerprint density at radius 1 is 1.26 bits per heavy atom. The summed E-state index contributed by atoms with van der Waals surface area (Å²) in [6.45, 7) is -0.747. The molecule has 0 aliphatic carbocycles. The zero-order valence-corrected chi connectivity index (χ0v) is 12.5. The van der Waals surface area contributed by atoms with Crippen LogP contribution in [0.5, 0.6) is 5.75 Å². The molecule has 1 aromatic heterocycles. The predicted molar refractivity (Wildman–Crippen MR) is 77.1 cm³/mol. The van der Waals surface area contributed by atoms with Gasteiger partial charge in [-0.3, -0.25) is 0 Å². The molecular weight excluding hydrogens is 336 g/mol. The van der Waals surface area contributed by atoms with Crippen LogP contribution in [0.15, 0.2) is 40.2 Å². The number of rotatable bonds is 5. The van der Waals surface area contributed by atoms with E-state index in [1.807, 2.05) is 12.3 Å². The lowest BCUT2D eigenvalue weighted by Gasteiger charge is -2.14. The number of hydrogen-bond acceptors (Lipinski definition) is 3. The maximum absolute atomic E-state index is 12.0. The summed E-state index contributed by atoms with van der Waals surface area (Å²) in [5, 5.41) is 5.32. The molecule has 1 N–H and O–H groups in total. The summed E-state index contributed by atoms with van der Waals surface area (Å²) >= 11 is 5.07. The molecule has 1 unspecified atom stereocenters. The SMILES string of the molecule is CC(Nc1ccc(OC(F)F)cc1)c1cc(Br)cs1. The van der Waals surface area contributed by atoms with E-state index >= 15 is 0 Å². The minimum absolute atomic E-state index is 0.151. The average molecular weight is 348 g/mol. The first kappa shape index (κ1) is 14.3. The first-order valence-electron chi connectivity index (χ1n) is 5.60. The number of halogens is 3. The second-order valence-electron chi connectivity index (χ2n) is 3.94. The van der Waals surface area contributed by atoms with Gasteiger partial charge in [-0.05, 0) is 53.2 Å². The molecule has 0 radical (unpaired) electrons. The van der Waals surface area contributed by atoms with Crippen LogP contribution in [0, 0.1) is 0 Å². The van der Waals surface area contributed by atoms with Crippen molar-refractivity contribution in [1.82, 2.24) is 0 Å². The number of alkyl halides is 2. The fourth-order valence-electron chi connectivity index (χ4n) is 1.61. The molecule has 2 aromatic rings. The molecule has 0 saturated carbocycles. The maximum atomic E-state index is 12.0. The quantitative estimate of drug-likeness (QED) is 0.793. The molecule has 0 aliphatic rings. The van der Waals surface area contributed by atoms with E-state index in [2.05, 4.69) is 32.0 Å². The fourth-order valence-corrected chi connectivity index (χ4v) is 3.06. The Bertz CT molecular complexity index is 530. The largest absolute Gasteiger partial charge is 0.435 e. The molecule has 0 spiro atoms. The topological polar surface area (TPSA) is 21.3 Å². The highest BCUT2D eigenvalue weighted by molar-refractivity contribution is 9.10. The van der Waals surface area contributed by atoms with Gasteiger partial charge in [0, 0.05) is 20.4 Å². The van der Waals surface area contributed by atoms with Gasteiger partial charge in [0.15, 0.2) is 0 Å². The first-order valence-corrected chi connectivity index (χ1v) is 7.27. The van der Waals surface area contributed by atoms with Crippen molar-refractivity contribution in [1.29, 1.82) is 0 Å². The highest BCUT2D eigenvalue weighted by Crippen LogP contribution is 2.28. The van der Waals surface area contributed by atoms with E-state index in [-0.39, 0.29) is 11.8 Å². The normalized spacial score (nSPS) is 12.5. The van der Waals surface area contributed by atoms with Crippen molar-refractivity contribution >= 4 is 33.0 Å². The number of anilines is 1. The minimum Gasteiger partial charge on any atom is -0.435 e. The van der Waals surface area contributed by atoms with Crippen LogP contribution in [0.1, 0.15) is 17.8 Å². The summed E-state index contributed by atoms with van der Waals surface area (Å²) in [7, 11) is 0. The Labute approximate surface area is 122 Å². The third-order valence-corrected chi connectivity index (χ3v) is 4.35. The van der Waals surface area contributed by atoms with Crippen LogP contribution >= 0.6 is 27.3 Å². The zero-order chi connectivity index (χ0) is 13.8. The summed E-state index contributed by atoms with van der Waals surface area (Å²) in [6.07, 6.45) is 0. The van der Waals surface area contributed by atoms with E-state index < -0.39 is 6.61 Å². The van der Waals surface area contributed by atoms with E-state index in [0.717, 1.165) is 10.2 Å². The monoisotopic (exact) mass is 347 g/mol. The lowest BCUT2D eigenvalue weighted by molar-refractivity contribution is -0.0498. The maximum Gasteiger partial charge on any atom is 0.387 e. The Balaban J connectivity index is 1.99. The van der Waals surface area contributed by atoms with Crippen LogP contribution in [-0.4, -0.2) is 6.61 Å². The number of benzene rings is 1. The Morgan fingerprint density at radius 3 is 2.47 bits per heavy atom. The zero-order valence-electron chi connectivity index (χ0n) is 10.1. The molecule has 0 saturated heterocycles. The summed E-state index contributed by atoms with van der Waals surface area (Å²) in [5.41, 5.74) is 0.860. The van der Waals surface area contributed by atoms with Gasteiger partial charge in [-0.1, -0.05) is 0 Å². The van der Waals surface area contributed by atoms with Gasteiger partial charge in [0.1, 0.15) is 5.75 Å². The molecule has 2 nitrogen and oxygen atoms in total. The second kappa shape index (κ2) is 6.34. The smallest absolute Gasteiger partial charge is 0.387 e. The first-order chi connectivity index (χ1) is 9.04. The summed E-state index contributed by atoms with van der Waals surface area (Å²) < 4.78 is 29.4. The molecule has 1 atom stereocenters. The number of hydrogen-bond donors (Lipinski definition) is 1. The van der Waals surface area contributed by atoms with Gasteiger partial charge in [-0.15, -0.1) is 11.3 Å².